The van der Waals surface area contributed by atoms with Crippen molar-refractivity contribution >= 4 is 0 Å². The fourth-order valence-corrected chi connectivity index (χ4v) is 2.47. The summed E-state index contributed by atoms with van der Waals surface area (Å²) in [5, 5.41) is 10.2. The third-order valence-electron chi connectivity index (χ3n) is 3.35. The van der Waals surface area contributed by atoms with Gasteiger partial charge in [0.1, 0.15) is 0 Å². The molecule has 0 aromatic carbocycles. The second-order valence-electron chi connectivity index (χ2n) is 5.68. The Balaban J connectivity index is 2.18. The Labute approximate surface area is 94.6 Å². The minimum atomic E-state index is -0.475. The van der Waals surface area contributed by atoms with Crippen LogP contribution in [0.5, 0.6) is 0 Å². The van der Waals surface area contributed by atoms with Gasteiger partial charge < -0.3 is 5.11 Å². The van der Waals surface area contributed by atoms with Crippen molar-refractivity contribution < 1.29 is 5.11 Å². The molecule has 0 fully saturated rings. The maximum Gasteiger partial charge on any atom is 0.0833 e. The standard InChI is InChI=1S/C14H26O/c1-12(2)7-6-8-13(3)11-14(15)9-4-5-10-14/h4,9,12-13,15H,5-8,10-11H2,1-3H3. The Morgan fingerprint density at radius 2 is 2.00 bits per heavy atom. The Morgan fingerprint density at radius 1 is 1.27 bits per heavy atom. The molecule has 0 spiro atoms. The van der Waals surface area contributed by atoms with E-state index in [4.69, 9.17) is 0 Å². The van der Waals surface area contributed by atoms with E-state index in [0.717, 1.165) is 25.2 Å². The summed E-state index contributed by atoms with van der Waals surface area (Å²) in [6, 6.07) is 0. The highest BCUT2D eigenvalue weighted by Crippen LogP contribution is 2.31. The minimum Gasteiger partial charge on any atom is -0.386 e. The van der Waals surface area contributed by atoms with Gasteiger partial charge in [-0.05, 0) is 31.1 Å². The van der Waals surface area contributed by atoms with Crippen LogP contribution < -0.4 is 0 Å². The van der Waals surface area contributed by atoms with Crippen LogP contribution >= 0.6 is 0 Å². The molecule has 88 valence electrons. The minimum absolute atomic E-state index is 0.475. The van der Waals surface area contributed by atoms with Crippen LogP contribution in [0.4, 0.5) is 0 Å². The molecule has 15 heavy (non-hydrogen) atoms. The van der Waals surface area contributed by atoms with Gasteiger partial charge in [-0.2, -0.15) is 0 Å². The lowest BCUT2D eigenvalue weighted by Gasteiger charge is -2.24. The topological polar surface area (TPSA) is 20.2 Å². The molecular formula is C14H26O. The van der Waals surface area contributed by atoms with Gasteiger partial charge >= 0.3 is 0 Å². The van der Waals surface area contributed by atoms with Gasteiger partial charge in [0.2, 0.25) is 0 Å². The first-order chi connectivity index (χ1) is 7.02. The fourth-order valence-electron chi connectivity index (χ4n) is 2.47. The summed E-state index contributed by atoms with van der Waals surface area (Å²) in [4.78, 5) is 0. The Hall–Kier alpha value is -0.300. The van der Waals surface area contributed by atoms with Gasteiger partial charge in [-0.25, -0.2) is 0 Å². The summed E-state index contributed by atoms with van der Waals surface area (Å²) in [5.41, 5.74) is -0.475. The molecule has 2 unspecified atom stereocenters. The average Bonchev–Trinajstić information content (AvgIpc) is 2.50. The van der Waals surface area contributed by atoms with Crippen molar-refractivity contribution in [3.63, 3.8) is 0 Å². The van der Waals surface area contributed by atoms with Crippen molar-refractivity contribution in [1.29, 1.82) is 0 Å². The lowest BCUT2D eigenvalue weighted by molar-refractivity contribution is 0.0636. The second-order valence-corrected chi connectivity index (χ2v) is 5.68. The van der Waals surface area contributed by atoms with Crippen LogP contribution in [-0.4, -0.2) is 10.7 Å². The van der Waals surface area contributed by atoms with Crippen LogP contribution in [0.2, 0.25) is 0 Å². The van der Waals surface area contributed by atoms with Gasteiger partial charge in [0, 0.05) is 0 Å². The molecule has 1 aliphatic rings. The largest absolute Gasteiger partial charge is 0.386 e. The SMILES string of the molecule is CC(C)CCCC(C)CC1(O)C=CCC1. The molecule has 2 atom stereocenters. The van der Waals surface area contributed by atoms with E-state index in [0.29, 0.717) is 5.92 Å². The zero-order chi connectivity index (χ0) is 11.3. The Bertz CT molecular complexity index is 207. The molecule has 0 saturated carbocycles. The molecule has 0 saturated heterocycles. The summed E-state index contributed by atoms with van der Waals surface area (Å²) < 4.78 is 0. The lowest BCUT2D eigenvalue weighted by atomic mass is 9.87. The lowest BCUT2D eigenvalue weighted by Crippen LogP contribution is -2.25. The molecule has 0 aliphatic heterocycles. The van der Waals surface area contributed by atoms with E-state index < -0.39 is 5.60 Å². The van der Waals surface area contributed by atoms with Crippen molar-refractivity contribution in [3.05, 3.63) is 12.2 Å². The molecule has 0 aromatic heterocycles. The number of rotatable bonds is 6. The molecule has 1 aliphatic carbocycles. The maximum atomic E-state index is 10.2. The summed E-state index contributed by atoms with van der Waals surface area (Å²) in [5.74, 6) is 1.46. The monoisotopic (exact) mass is 210 g/mol. The highest BCUT2D eigenvalue weighted by molar-refractivity contribution is 5.08. The van der Waals surface area contributed by atoms with Gasteiger partial charge in [0.15, 0.2) is 0 Å². The smallest absolute Gasteiger partial charge is 0.0833 e. The van der Waals surface area contributed by atoms with Gasteiger partial charge in [-0.1, -0.05) is 52.2 Å². The van der Waals surface area contributed by atoms with Crippen molar-refractivity contribution in [2.75, 3.05) is 0 Å². The zero-order valence-electron chi connectivity index (χ0n) is 10.5. The molecule has 1 rings (SSSR count). The average molecular weight is 210 g/mol. The van der Waals surface area contributed by atoms with Gasteiger partial charge in [0.25, 0.3) is 0 Å². The van der Waals surface area contributed by atoms with Crippen LogP contribution in [0.3, 0.4) is 0 Å². The van der Waals surface area contributed by atoms with E-state index in [1.165, 1.54) is 19.3 Å². The van der Waals surface area contributed by atoms with Gasteiger partial charge in [0.05, 0.1) is 5.60 Å². The maximum absolute atomic E-state index is 10.2. The van der Waals surface area contributed by atoms with E-state index in [2.05, 4.69) is 26.8 Å². The normalized spacial score (nSPS) is 27.5. The molecule has 0 aromatic rings. The predicted octanol–water partition coefficient (Wildman–Crippen LogP) is 3.92. The van der Waals surface area contributed by atoms with Gasteiger partial charge in [-0.15, -0.1) is 0 Å². The van der Waals surface area contributed by atoms with Crippen LogP contribution in [0, 0.1) is 11.8 Å². The Morgan fingerprint density at radius 3 is 2.53 bits per heavy atom. The third kappa shape index (κ3) is 4.83. The number of hydrogen-bond acceptors (Lipinski definition) is 1. The number of allylic oxidation sites excluding steroid dienone is 1. The first-order valence-corrected chi connectivity index (χ1v) is 6.42. The van der Waals surface area contributed by atoms with Crippen LogP contribution in [0.25, 0.3) is 0 Å². The van der Waals surface area contributed by atoms with E-state index in [-0.39, 0.29) is 0 Å². The molecule has 1 heteroatoms. The van der Waals surface area contributed by atoms with E-state index in [1.54, 1.807) is 0 Å². The predicted molar refractivity (Wildman–Crippen MR) is 65.8 cm³/mol. The second kappa shape index (κ2) is 5.69. The van der Waals surface area contributed by atoms with E-state index >= 15 is 0 Å². The molecule has 0 heterocycles. The first kappa shape index (κ1) is 12.8. The zero-order valence-corrected chi connectivity index (χ0v) is 10.5. The van der Waals surface area contributed by atoms with Gasteiger partial charge in [-0.3, -0.25) is 0 Å². The fraction of sp³-hybridized carbons (Fsp3) is 0.857. The Kier molecular flexibility index (Phi) is 4.85. The van der Waals surface area contributed by atoms with E-state index in [9.17, 15) is 5.11 Å². The molecule has 0 radical (unpaired) electrons. The van der Waals surface area contributed by atoms with Crippen LogP contribution in [-0.2, 0) is 0 Å². The first-order valence-electron chi connectivity index (χ1n) is 6.42. The van der Waals surface area contributed by atoms with Crippen molar-refractivity contribution in [2.45, 2.75) is 64.9 Å². The summed E-state index contributed by atoms with van der Waals surface area (Å²) >= 11 is 0. The number of hydrogen-bond donors (Lipinski definition) is 1. The summed E-state index contributed by atoms with van der Waals surface area (Å²) in [7, 11) is 0. The highest BCUT2D eigenvalue weighted by Gasteiger charge is 2.28. The molecule has 0 bridgehead atoms. The quantitative estimate of drug-likeness (QED) is 0.659. The third-order valence-corrected chi connectivity index (χ3v) is 3.35. The van der Waals surface area contributed by atoms with Crippen molar-refractivity contribution in [3.8, 4) is 0 Å². The number of aliphatic hydroxyl groups is 1. The molecule has 1 N–H and O–H groups in total. The molecule has 1 nitrogen and oxygen atoms in total. The van der Waals surface area contributed by atoms with Crippen LogP contribution in [0.15, 0.2) is 12.2 Å². The van der Waals surface area contributed by atoms with Crippen molar-refractivity contribution in [2.24, 2.45) is 11.8 Å². The van der Waals surface area contributed by atoms with Crippen LogP contribution in [0.1, 0.15) is 59.3 Å². The highest BCUT2D eigenvalue weighted by atomic mass is 16.3. The van der Waals surface area contributed by atoms with Crippen molar-refractivity contribution in [1.82, 2.24) is 0 Å². The summed E-state index contributed by atoms with van der Waals surface area (Å²) in [6.07, 6.45) is 10.9. The molecule has 0 amide bonds. The summed E-state index contributed by atoms with van der Waals surface area (Å²) in [6.45, 7) is 6.82. The molecular weight excluding hydrogens is 184 g/mol. The van der Waals surface area contributed by atoms with E-state index in [1.807, 2.05) is 6.08 Å².